The van der Waals surface area contributed by atoms with E-state index in [0.29, 0.717) is 12.3 Å². The molecule has 100 valence electrons. The van der Waals surface area contributed by atoms with Gasteiger partial charge in [0.2, 0.25) is 0 Å². The van der Waals surface area contributed by atoms with Gasteiger partial charge in [0, 0.05) is 5.88 Å². The maximum Gasteiger partial charge on any atom is 0.119 e. The second kappa shape index (κ2) is 7.17. The number of rotatable bonds is 6. The van der Waals surface area contributed by atoms with Crippen LogP contribution in [0.3, 0.4) is 0 Å². The van der Waals surface area contributed by atoms with Crippen molar-refractivity contribution in [3.63, 3.8) is 0 Å². The molecule has 2 nitrogen and oxygen atoms in total. The minimum Gasteiger partial charge on any atom is -0.491 e. The Morgan fingerprint density at radius 2 is 1.58 bits per heavy atom. The summed E-state index contributed by atoms with van der Waals surface area (Å²) in [5.74, 6) is 1.20. The lowest BCUT2D eigenvalue weighted by Gasteiger charge is -2.11. The Labute approximate surface area is 118 Å². The van der Waals surface area contributed by atoms with Gasteiger partial charge < -0.3 is 9.84 Å². The predicted octanol–water partition coefficient (Wildman–Crippen LogP) is 3.72. The molecule has 0 spiro atoms. The largest absolute Gasteiger partial charge is 0.491 e. The monoisotopic (exact) mass is 276 g/mol. The molecule has 2 rings (SSSR count). The molecule has 0 saturated carbocycles. The number of benzene rings is 2. The summed E-state index contributed by atoms with van der Waals surface area (Å²) in [6, 6.07) is 18.0. The van der Waals surface area contributed by atoms with Crippen LogP contribution in [0.15, 0.2) is 54.6 Å². The first kappa shape index (κ1) is 13.9. The molecule has 0 heterocycles. The molecule has 0 saturated heterocycles. The molecule has 3 heteroatoms. The molecule has 0 bridgehead atoms. The van der Waals surface area contributed by atoms with Gasteiger partial charge in [0.15, 0.2) is 0 Å². The molecule has 1 N–H and O–H groups in total. The third-order valence-corrected chi connectivity index (χ3v) is 3.06. The number of alkyl halides is 1. The lowest BCUT2D eigenvalue weighted by atomic mass is 10.1. The van der Waals surface area contributed by atoms with E-state index in [1.165, 1.54) is 5.56 Å². The Kier molecular flexibility index (Phi) is 5.25. The highest BCUT2D eigenvalue weighted by atomic mass is 35.5. The number of ether oxygens (including phenoxy) is 1. The van der Waals surface area contributed by atoms with Gasteiger partial charge in [-0.05, 0) is 29.7 Å². The summed E-state index contributed by atoms with van der Waals surface area (Å²) < 4.78 is 5.50. The Morgan fingerprint density at radius 3 is 2.21 bits per heavy atom. The van der Waals surface area contributed by atoms with Crippen LogP contribution in [0.5, 0.6) is 5.75 Å². The van der Waals surface area contributed by atoms with Crippen LogP contribution in [-0.4, -0.2) is 23.7 Å². The van der Waals surface area contributed by atoms with Crippen molar-refractivity contribution in [1.82, 2.24) is 0 Å². The van der Waals surface area contributed by atoms with Gasteiger partial charge >= 0.3 is 0 Å². The van der Waals surface area contributed by atoms with Gasteiger partial charge in [-0.2, -0.15) is 0 Å². The molecule has 1 atom stereocenters. The standard InChI is InChI=1S/C16H17ClO2/c17-11-10-15(18)12-19-16-8-6-14(7-9-16)13-4-2-1-3-5-13/h1-9,15,18H,10-12H2. The van der Waals surface area contributed by atoms with Crippen molar-refractivity contribution in [3.05, 3.63) is 54.6 Å². The maximum atomic E-state index is 9.53. The fourth-order valence-electron chi connectivity index (χ4n) is 1.78. The van der Waals surface area contributed by atoms with Crippen molar-refractivity contribution in [2.24, 2.45) is 0 Å². The summed E-state index contributed by atoms with van der Waals surface area (Å²) in [4.78, 5) is 0. The van der Waals surface area contributed by atoms with Gasteiger partial charge in [-0.25, -0.2) is 0 Å². The summed E-state index contributed by atoms with van der Waals surface area (Å²) in [6.07, 6.45) is 0.0372. The van der Waals surface area contributed by atoms with E-state index in [1.54, 1.807) is 0 Å². The van der Waals surface area contributed by atoms with Gasteiger partial charge in [0.25, 0.3) is 0 Å². The first-order valence-electron chi connectivity index (χ1n) is 6.32. The van der Waals surface area contributed by atoms with Crippen LogP contribution >= 0.6 is 11.6 Å². The topological polar surface area (TPSA) is 29.5 Å². The molecule has 0 fully saturated rings. The number of hydrogen-bond acceptors (Lipinski definition) is 2. The lowest BCUT2D eigenvalue weighted by Crippen LogP contribution is -2.17. The molecule has 2 aromatic carbocycles. The van der Waals surface area contributed by atoms with Crippen molar-refractivity contribution >= 4 is 11.6 Å². The van der Waals surface area contributed by atoms with E-state index < -0.39 is 6.10 Å². The minimum absolute atomic E-state index is 0.275. The SMILES string of the molecule is OC(CCCl)COc1ccc(-c2ccccc2)cc1. The van der Waals surface area contributed by atoms with Crippen LogP contribution in [0.4, 0.5) is 0 Å². The Balaban J connectivity index is 1.95. The molecule has 0 radical (unpaired) electrons. The zero-order valence-corrected chi connectivity index (χ0v) is 11.4. The van der Waals surface area contributed by atoms with Crippen molar-refractivity contribution in [2.45, 2.75) is 12.5 Å². The van der Waals surface area contributed by atoms with E-state index in [1.807, 2.05) is 42.5 Å². The third-order valence-electron chi connectivity index (χ3n) is 2.85. The van der Waals surface area contributed by atoms with E-state index >= 15 is 0 Å². The Hall–Kier alpha value is -1.51. The van der Waals surface area contributed by atoms with Crippen molar-refractivity contribution in [3.8, 4) is 16.9 Å². The maximum absolute atomic E-state index is 9.53. The first-order valence-corrected chi connectivity index (χ1v) is 6.85. The molecule has 0 aromatic heterocycles. The van der Waals surface area contributed by atoms with Gasteiger partial charge in [0.05, 0.1) is 6.10 Å². The molecule has 1 unspecified atom stereocenters. The normalized spacial score (nSPS) is 12.1. The minimum atomic E-state index is -0.508. The molecule has 0 amide bonds. The van der Waals surface area contributed by atoms with Crippen LogP contribution in [0.2, 0.25) is 0 Å². The molecule has 2 aromatic rings. The first-order chi connectivity index (χ1) is 9.29. The summed E-state index contributed by atoms with van der Waals surface area (Å²) in [7, 11) is 0. The molecule has 19 heavy (non-hydrogen) atoms. The lowest BCUT2D eigenvalue weighted by molar-refractivity contribution is 0.105. The van der Waals surface area contributed by atoms with E-state index in [0.717, 1.165) is 11.3 Å². The molecular formula is C16H17ClO2. The fourth-order valence-corrected chi connectivity index (χ4v) is 2.03. The van der Waals surface area contributed by atoms with E-state index in [9.17, 15) is 5.11 Å². The van der Waals surface area contributed by atoms with Crippen molar-refractivity contribution in [1.29, 1.82) is 0 Å². The number of hydrogen-bond donors (Lipinski definition) is 1. The Bertz CT molecular complexity index is 482. The number of aliphatic hydroxyl groups excluding tert-OH is 1. The average Bonchev–Trinajstić information content (AvgIpc) is 2.47. The van der Waals surface area contributed by atoms with Crippen LogP contribution in [0.1, 0.15) is 6.42 Å². The molecule has 0 aliphatic carbocycles. The van der Waals surface area contributed by atoms with Gasteiger partial charge in [-0.1, -0.05) is 42.5 Å². The van der Waals surface area contributed by atoms with Gasteiger partial charge in [0.1, 0.15) is 12.4 Å². The third kappa shape index (κ3) is 4.27. The van der Waals surface area contributed by atoms with E-state index in [4.69, 9.17) is 16.3 Å². The zero-order chi connectivity index (χ0) is 13.5. The van der Waals surface area contributed by atoms with Crippen LogP contribution < -0.4 is 4.74 Å². The van der Waals surface area contributed by atoms with Gasteiger partial charge in [-0.15, -0.1) is 11.6 Å². The van der Waals surface area contributed by atoms with Crippen molar-refractivity contribution < 1.29 is 9.84 Å². The fraction of sp³-hybridized carbons (Fsp3) is 0.250. The number of aliphatic hydroxyl groups is 1. The van der Waals surface area contributed by atoms with Gasteiger partial charge in [-0.3, -0.25) is 0 Å². The molecule has 0 aliphatic heterocycles. The van der Waals surface area contributed by atoms with Crippen LogP contribution in [0.25, 0.3) is 11.1 Å². The quantitative estimate of drug-likeness (QED) is 0.815. The predicted molar refractivity (Wildman–Crippen MR) is 78.7 cm³/mol. The highest BCUT2D eigenvalue weighted by molar-refractivity contribution is 6.17. The Morgan fingerprint density at radius 1 is 0.947 bits per heavy atom. The second-order valence-corrected chi connectivity index (χ2v) is 4.71. The number of halogens is 1. The summed E-state index contributed by atoms with van der Waals surface area (Å²) in [5.41, 5.74) is 2.32. The molecular weight excluding hydrogens is 260 g/mol. The molecule has 0 aliphatic rings. The van der Waals surface area contributed by atoms with Crippen molar-refractivity contribution in [2.75, 3.05) is 12.5 Å². The highest BCUT2D eigenvalue weighted by Gasteiger charge is 2.04. The average molecular weight is 277 g/mol. The highest BCUT2D eigenvalue weighted by Crippen LogP contribution is 2.22. The van der Waals surface area contributed by atoms with E-state index in [2.05, 4.69) is 12.1 Å². The van der Waals surface area contributed by atoms with E-state index in [-0.39, 0.29) is 6.61 Å². The summed E-state index contributed by atoms with van der Waals surface area (Å²) >= 11 is 5.55. The summed E-state index contributed by atoms with van der Waals surface area (Å²) in [6.45, 7) is 0.275. The second-order valence-electron chi connectivity index (χ2n) is 4.33. The smallest absolute Gasteiger partial charge is 0.119 e. The van der Waals surface area contributed by atoms with Crippen LogP contribution in [0, 0.1) is 0 Å². The van der Waals surface area contributed by atoms with Crippen LogP contribution in [-0.2, 0) is 0 Å². The zero-order valence-electron chi connectivity index (χ0n) is 10.6. The summed E-state index contributed by atoms with van der Waals surface area (Å²) in [5, 5.41) is 9.53.